The van der Waals surface area contributed by atoms with Gasteiger partial charge in [0.1, 0.15) is 27.9 Å². The van der Waals surface area contributed by atoms with Crippen molar-refractivity contribution in [2.24, 2.45) is 0 Å². The molecule has 12 rings (SSSR count). The fourth-order valence-electron chi connectivity index (χ4n) is 8.81. The Balaban J connectivity index is 1.24. The Morgan fingerprint density at radius 1 is 0.276 bits per heavy atom. The van der Waals surface area contributed by atoms with Crippen LogP contribution in [0.2, 0.25) is 0 Å². The predicted molar refractivity (Wildman–Crippen MR) is 239 cm³/mol. The van der Waals surface area contributed by atoms with Crippen LogP contribution < -0.4 is 4.90 Å². The number of fused-ring (bicyclic) bond motifs is 9. The van der Waals surface area contributed by atoms with Gasteiger partial charge >= 0.3 is 0 Å². The summed E-state index contributed by atoms with van der Waals surface area (Å²) in [5.41, 5.74) is 14.3. The third-order valence-corrected chi connectivity index (χ3v) is 11.5. The fraction of sp³-hybridized carbons (Fsp3) is 0. The highest BCUT2D eigenvalue weighted by atomic mass is 16.3. The van der Waals surface area contributed by atoms with Gasteiger partial charge in [-0.2, -0.15) is 0 Å². The lowest BCUT2D eigenvalue weighted by Gasteiger charge is -2.28. The van der Waals surface area contributed by atoms with Gasteiger partial charge in [-0.1, -0.05) is 146 Å². The first-order valence-electron chi connectivity index (χ1n) is 19.6. The van der Waals surface area contributed by atoms with Gasteiger partial charge in [0.25, 0.3) is 0 Å². The van der Waals surface area contributed by atoms with Crippen molar-refractivity contribution in [2.45, 2.75) is 0 Å². The van der Waals surface area contributed by atoms with E-state index in [0.29, 0.717) is 0 Å². The van der Waals surface area contributed by atoms with Gasteiger partial charge in [-0.25, -0.2) is 0 Å². The third kappa shape index (κ3) is 5.02. The van der Waals surface area contributed by atoms with Gasteiger partial charge in [-0.3, -0.25) is 0 Å². The van der Waals surface area contributed by atoms with Crippen molar-refractivity contribution >= 4 is 82.9 Å². The third-order valence-electron chi connectivity index (χ3n) is 11.5. The van der Waals surface area contributed by atoms with Crippen LogP contribution in [0.15, 0.2) is 213 Å². The highest BCUT2D eigenvalue weighted by molar-refractivity contribution is 6.22. The zero-order valence-corrected chi connectivity index (χ0v) is 31.2. The van der Waals surface area contributed by atoms with E-state index < -0.39 is 0 Å². The van der Waals surface area contributed by atoms with Gasteiger partial charge in [0.15, 0.2) is 5.58 Å². The molecule has 0 fully saturated rings. The van der Waals surface area contributed by atoms with Gasteiger partial charge < -0.3 is 18.2 Å². The fourth-order valence-corrected chi connectivity index (χ4v) is 8.81. The summed E-state index contributed by atoms with van der Waals surface area (Å²) in [5, 5.41) is 6.21. The molecular formula is C54H33NO3. The molecule has 0 amide bonds. The Morgan fingerprint density at radius 3 is 1.62 bits per heavy atom. The molecule has 0 saturated carbocycles. The molecule has 12 aromatic rings. The lowest BCUT2D eigenvalue weighted by atomic mass is 9.97. The van der Waals surface area contributed by atoms with Crippen molar-refractivity contribution < 1.29 is 13.3 Å². The second-order valence-corrected chi connectivity index (χ2v) is 14.8. The first kappa shape index (κ1) is 32.4. The summed E-state index contributed by atoms with van der Waals surface area (Å²) in [5.74, 6) is 0. The Kier molecular flexibility index (Phi) is 7.20. The normalized spacial score (nSPS) is 11.8. The molecule has 0 N–H and O–H groups in total. The molecule has 3 heterocycles. The quantitative estimate of drug-likeness (QED) is 0.170. The molecule has 9 aromatic carbocycles. The molecule has 0 bridgehead atoms. The smallest absolute Gasteiger partial charge is 0.159 e. The zero-order valence-electron chi connectivity index (χ0n) is 31.2. The molecule has 4 nitrogen and oxygen atoms in total. The van der Waals surface area contributed by atoms with Crippen LogP contribution in [0.1, 0.15) is 0 Å². The standard InChI is InChI=1S/C54H33NO3/c1-4-15-34(16-5-1)37-27-28-43-49(32-37)56-50-33-38(35-17-6-2-7-18-35)31-46(51(43)50)55(45-24-14-23-41-40-21-10-12-25-47(40)57-53(41)45)44-30-29-39(36-19-8-3-9-20-36)54-52(44)42-22-11-13-26-48(42)58-54/h1-33H. The van der Waals surface area contributed by atoms with E-state index >= 15 is 0 Å². The highest BCUT2D eigenvalue weighted by Gasteiger charge is 2.28. The molecule has 0 atom stereocenters. The number of nitrogens with zero attached hydrogens (tertiary/aromatic N) is 1. The maximum atomic E-state index is 6.93. The van der Waals surface area contributed by atoms with Crippen molar-refractivity contribution in [2.75, 3.05) is 4.90 Å². The van der Waals surface area contributed by atoms with Crippen LogP contribution in [-0.4, -0.2) is 0 Å². The van der Waals surface area contributed by atoms with E-state index in [0.717, 1.165) is 116 Å². The van der Waals surface area contributed by atoms with Crippen LogP contribution >= 0.6 is 0 Å². The van der Waals surface area contributed by atoms with Crippen LogP contribution in [0.3, 0.4) is 0 Å². The molecule has 3 aromatic heterocycles. The summed E-state index contributed by atoms with van der Waals surface area (Å²) in [6.45, 7) is 0. The molecule has 0 spiro atoms. The number of benzene rings is 9. The molecule has 0 aliphatic heterocycles. The number of rotatable bonds is 6. The van der Waals surface area contributed by atoms with Crippen LogP contribution in [0.4, 0.5) is 17.1 Å². The molecule has 0 aliphatic carbocycles. The van der Waals surface area contributed by atoms with E-state index in [-0.39, 0.29) is 0 Å². The Hall–Kier alpha value is -7.82. The van der Waals surface area contributed by atoms with Gasteiger partial charge in [0, 0.05) is 27.1 Å². The SMILES string of the molecule is c1ccc(-c2ccc3c(c2)oc2cc(-c4ccccc4)cc(N(c4cccc5c4oc4ccccc45)c4ccc(-c5ccccc5)c5oc6ccccc6c45)c23)cc1. The van der Waals surface area contributed by atoms with Gasteiger partial charge in [-0.05, 0) is 82.4 Å². The van der Waals surface area contributed by atoms with E-state index in [4.69, 9.17) is 13.3 Å². The van der Waals surface area contributed by atoms with Crippen LogP contribution in [0.25, 0.3) is 99.2 Å². The van der Waals surface area contributed by atoms with Crippen LogP contribution in [-0.2, 0) is 0 Å². The lowest BCUT2D eigenvalue weighted by Crippen LogP contribution is -2.11. The second-order valence-electron chi connectivity index (χ2n) is 14.8. The molecule has 0 saturated heterocycles. The van der Waals surface area contributed by atoms with E-state index in [1.165, 1.54) is 0 Å². The maximum Gasteiger partial charge on any atom is 0.159 e. The monoisotopic (exact) mass is 743 g/mol. The largest absolute Gasteiger partial charge is 0.456 e. The first-order valence-corrected chi connectivity index (χ1v) is 19.6. The molecule has 0 radical (unpaired) electrons. The van der Waals surface area contributed by atoms with Crippen molar-refractivity contribution in [1.82, 2.24) is 0 Å². The zero-order chi connectivity index (χ0) is 38.2. The Morgan fingerprint density at radius 2 is 0.862 bits per heavy atom. The van der Waals surface area contributed by atoms with Crippen molar-refractivity contribution in [3.63, 3.8) is 0 Å². The average Bonchev–Trinajstić information content (AvgIpc) is 3.99. The summed E-state index contributed by atoms with van der Waals surface area (Å²) >= 11 is 0. The summed E-state index contributed by atoms with van der Waals surface area (Å²) < 4.78 is 20.6. The minimum atomic E-state index is 0.799. The number of hydrogen-bond donors (Lipinski definition) is 0. The van der Waals surface area contributed by atoms with Gasteiger partial charge in [0.2, 0.25) is 0 Å². The summed E-state index contributed by atoms with van der Waals surface area (Å²) in [7, 11) is 0. The number of furan rings is 3. The number of anilines is 3. The second kappa shape index (κ2) is 12.9. The Labute approximate surface area is 333 Å². The van der Waals surface area contributed by atoms with Crippen LogP contribution in [0.5, 0.6) is 0 Å². The minimum Gasteiger partial charge on any atom is -0.456 e. The molecule has 0 aliphatic rings. The molecule has 58 heavy (non-hydrogen) atoms. The maximum absolute atomic E-state index is 6.93. The minimum absolute atomic E-state index is 0.799. The number of para-hydroxylation sites is 3. The first-order chi connectivity index (χ1) is 28.8. The van der Waals surface area contributed by atoms with Crippen molar-refractivity contribution in [1.29, 1.82) is 0 Å². The Bertz CT molecular complexity index is 3500. The van der Waals surface area contributed by atoms with E-state index in [1.54, 1.807) is 0 Å². The topological polar surface area (TPSA) is 42.7 Å². The summed E-state index contributed by atoms with van der Waals surface area (Å²) in [6.07, 6.45) is 0. The van der Waals surface area contributed by atoms with Crippen LogP contribution in [0, 0.1) is 0 Å². The molecule has 4 heteroatoms. The molecular weight excluding hydrogens is 711 g/mol. The average molecular weight is 744 g/mol. The van der Waals surface area contributed by atoms with E-state index in [2.05, 4.69) is 175 Å². The van der Waals surface area contributed by atoms with E-state index in [1.807, 2.05) is 30.3 Å². The van der Waals surface area contributed by atoms with Crippen molar-refractivity contribution in [3.8, 4) is 33.4 Å². The van der Waals surface area contributed by atoms with E-state index in [9.17, 15) is 0 Å². The molecule has 272 valence electrons. The lowest BCUT2D eigenvalue weighted by molar-refractivity contribution is 0.668. The molecule has 0 unspecified atom stereocenters. The number of hydrogen-bond acceptors (Lipinski definition) is 4. The highest BCUT2D eigenvalue weighted by Crippen LogP contribution is 2.52. The summed E-state index contributed by atoms with van der Waals surface area (Å²) in [4.78, 5) is 2.37. The van der Waals surface area contributed by atoms with Crippen molar-refractivity contribution in [3.05, 3.63) is 200 Å². The predicted octanol–water partition coefficient (Wildman–Crippen LogP) is 15.9. The summed E-state index contributed by atoms with van der Waals surface area (Å²) in [6, 6.07) is 70.0. The van der Waals surface area contributed by atoms with Gasteiger partial charge in [0.05, 0.1) is 27.8 Å². The van der Waals surface area contributed by atoms with Gasteiger partial charge in [-0.15, -0.1) is 0 Å².